The number of hydrogen-bond donors (Lipinski definition) is 1. The number of aromatic nitrogens is 3. The van der Waals surface area contributed by atoms with Crippen LogP contribution in [0.3, 0.4) is 0 Å². The molecular formula is C29H30N6O2. The Balaban J connectivity index is 1.08. The number of amides is 2. The lowest BCUT2D eigenvalue weighted by Gasteiger charge is -2.36. The minimum atomic E-state index is -0.136. The van der Waals surface area contributed by atoms with Gasteiger partial charge < -0.3 is 5.32 Å². The van der Waals surface area contributed by atoms with Crippen molar-refractivity contribution >= 4 is 17.6 Å². The van der Waals surface area contributed by atoms with Gasteiger partial charge in [0.1, 0.15) is 5.82 Å². The van der Waals surface area contributed by atoms with Gasteiger partial charge in [-0.1, -0.05) is 17.7 Å². The van der Waals surface area contributed by atoms with E-state index in [1.807, 2.05) is 50.1 Å². The number of piperidine rings is 1. The van der Waals surface area contributed by atoms with Crippen LogP contribution < -0.4 is 10.2 Å². The van der Waals surface area contributed by atoms with Gasteiger partial charge in [-0.15, -0.1) is 0 Å². The molecule has 1 unspecified atom stereocenters. The van der Waals surface area contributed by atoms with Gasteiger partial charge in [0.05, 0.1) is 29.4 Å². The maximum Gasteiger partial charge on any atom is 0.254 e. The lowest BCUT2D eigenvalue weighted by atomic mass is 9.74. The number of nitriles is 1. The molecule has 3 fully saturated rings. The van der Waals surface area contributed by atoms with Crippen LogP contribution in [-0.2, 0) is 4.79 Å². The second-order valence-electron chi connectivity index (χ2n) is 10.9. The van der Waals surface area contributed by atoms with E-state index in [1.165, 1.54) is 0 Å². The summed E-state index contributed by atoms with van der Waals surface area (Å²) in [5.74, 6) is 1.79. The Bertz CT molecular complexity index is 1450. The topological polar surface area (TPSA) is 104 Å². The van der Waals surface area contributed by atoms with E-state index in [0.29, 0.717) is 17.4 Å². The fraction of sp³-hybridized carbons (Fsp3) is 0.414. The highest BCUT2D eigenvalue weighted by Gasteiger charge is 2.52. The van der Waals surface area contributed by atoms with Crippen LogP contribution in [0.15, 0.2) is 42.9 Å². The summed E-state index contributed by atoms with van der Waals surface area (Å²) in [6, 6.07) is 10.2. The SMILES string of the molecule is Cc1ccc(C#N)c(C2CC(NC(=O)c3cnn(C(C)c4cnc(N5C[C@H]6C[C@H]6C5=O)cc4C)c3)C2)c1. The average Bonchev–Trinajstić information content (AvgIpc) is 3.31. The van der Waals surface area contributed by atoms with Crippen LogP contribution in [0.1, 0.15) is 76.3 Å². The zero-order valence-corrected chi connectivity index (χ0v) is 21.3. The first kappa shape index (κ1) is 23.4. The van der Waals surface area contributed by atoms with Crippen LogP contribution in [0.4, 0.5) is 5.82 Å². The third kappa shape index (κ3) is 4.18. The molecule has 6 rings (SSSR count). The van der Waals surface area contributed by atoms with Gasteiger partial charge in [-0.3, -0.25) is 19.2 Å². The molecule has 188 valence electrons. The maximum atomic E-state index is 12.9. The van der Waals surface area contributed by atoms with Gasteiger partial charge in [0.25, 0.3) is 5.91 Å². The van der Waals surface area contributed by atoms with Crippen molar-refractivity contribution in [3.8, 4) is 6.07 Å². The van der Waals surface area contributed by atoms with E-state index in [0.717, 1.165) is 59.4 Å². The average molecular weight is 495 g/mol. The van der Waals surface area contributed by atoms with Crippen molar-refractivity contribution in [2.45, 2.75) is 58.0 Å². The van der Waals surface area contributed by atoms with Crippen molar-refractivity contribution in [2.24, 2.45) is 11.8 Å². The molecule has 2 aliphatic carbocycles. The van der Waals surface area contributed by atoms with Gasteiger partial charge in [-0.25, -0.2) is 4.98 Å². The molecule has 1 aromatic carbocycles. The standard InChI is InChI=1S/C29H30N6O2/c1-16-4-5-19(11-30)24(6-16)20-8-23(9-20)33-28(36)22-12-32-35(15-22)18(3)26-13-31-27(7-17(26)2)34-14-21-10-25(21)29(34)37/h4-7,12-13,15,18,20-21,23,25H,8-10,14H2,1-3H3,(H,33,36)/t18?,20?,21-,23?,25-/m1/s1. The lowest BCUT2D eigenvalue weighted by molar-refractivity contribution is -0.118. The summed E-state index contributed by atoms with van der Waals surface area (Å²) in [6.45, 7) is 6.85. The lowest BCUT2D eigenvalue weighted by Crippen LogP contribution is -2.43. The van der Waals surface area contributed by atoms with Crippen LogP contribution in [-0.4, -0.2) is 39.2 Å². The Kier molecular flexibility index (Phi) is 5.59. The number of benzene rings is 1. The molecule has 2 amide bonds. The predicted molar refractivity (Wildman–Crippen MR) is 138 cm³/mol. The summed E-state index contributed by atoms with van der Waals surface area (Å²) >= 11 is 0. The van der Waals surface area contributed by atoms with Gasteiger partial charge >= 0.3 is 0 Å². The van der Waals surface area contributed by atoms with Gasteiger partial charge in [-0.2, -0.15) is 10.4 Å². The molecule has 1 saturated heterocycles. The number of aryl methyl sites for hydroxylation is 2. The van der Waals surface area contributed by atoms with E-state index < -0.39 is 0 Å². The normalized spacial score (nSPS) is 24.7. The van der Waals surface area contributed by atoms with Crippen molar-refractivity contribution in [2.75, 3.05) is 11.4 Å². The Morgan fingerprint density at radius 1 is 1.19 bits per heavy atom. The first-order chi connectivity index (χ1) is 17.8. The molecule has 3 heterocycles. The number of carbonyl (C=O) groups is 2. The highest BCUT2D eigenvalue weighted by Crippen LogP contribution is 2.47. The van der Waals surface area contributed by atoms with Crippen molar-refractivity contribution in [1.82, 2.24) is 20.1 Å². The van der Waals surface area contributed by atoms with E-state index in [4.69, 9.17) is 0 Å². The minimum Gasteiger partial charge on any atom is -0.349 e. The van der Waals surface area contributed by atoms with Crippen LogP contribution in [0.25, 0.3) is 0 Å². The van der Waals surface area contributed by atoms with Gasteiger partial charge in [0.15, 0.2) is 0 Å². The molecule has 0 bridgehead atoms. The van der Waals surface area contributed by atoms with E-state index in [2.05, 4.69) is 27.5 Å². The second kappa shape index (κ2) is 8.84. The Morgan fingerprint density at radius 2 is 2.00 bits per heavy atom. The van der Waals surface area contributed by atoms with Gasteiger partial charge in [0, 0.05) is 30.9 Å². The monoisotopic (exact) mass is 494 g/mol. The molecule has 1 N–H and O–H groups in total. The van der Waals surface area contributed by atoms with Crippen LogP contribution >= 0.6 is 0 Å². The smallest absolute Gasteiger partial charge is 0.254 e. The second-order valence-corrected chi connectivity index (χ2v) is 10.9. The summed E-state index contributed by atoms with van der Waals surface area (Å²) in [6.07, 6.45) is 7.87. The summed E-state index contributed by atoms with van der Waals surface area (Å²) in [4.78, 5) is 31.7. The van der Waals surface area contributed by atoms with E-state index in [9.17, 15) is 14.9 Å². The quantitative estimate of drug-likeness (QED) is 0.557. The zero-order valence-electron chi connectivity index (χ0n) is 21.3. The Hall–Kier alpha value is -3.99. The molecule has 3 atom stereocenters. The molecule has 8 nitrogen and oxygen atoms in total. The van der Waals surface area contributed by atoms with Crippen LogP contribution in [0.2, 0.25) is 0 Å². The molecule has 1 aliphatic heterocycles. The number of carbonyl (C=O) groups excluding carboxylic acids is 2. The number of nitrogens with zero attached hydrogens (tertiary/aromatic N) is 5. The number of fused-ring (bicyclic) bond motifs is 1. The molecule has 2 aromatic heterocycles. The fourth-order valence-electron chi connectivity index (χ4n) is 5.81. The summed E-state index contributed by atoms with van der Waals surface area (Å²) < 4.78 is 1.78. The van der Waals surface area contributed by atoms with E-state index in [-0.39, 0.29) is 29.8 Å². The Morgan fingerprint density at radius 3 is 2.70 bits per heavy atom. The molecule has 8 heteroatoms. The van der Waals surface area contributed by atoms with E-state index >= 15 is 0 Å². The van der Waals surface area contributed by atoms with Crippen molar-refractivity contribution in [3.63, 3.8) is 0 Å². The van der Waals surface area contributed by atoms with Gasteiger partial charge in [-0.05, 0) is 80.7 Å². The number of rotatable bonds is 6. The Labute approximate surface area is 216 Å². The molecule has 0 spiro atoms. The summed E-state index contributed by atoms with van der Waals surface area (Å²) in [5.41, 5.74) is 5.51. The maximum absolute atomic E-state index is 12.9. The number of hydrogen-bond acceptors (Lipinski definition) is 5. The third-order valence-electron chi connectivity index (χ3n) is 8.29. The molecule has 3 aromatic rings. The molecule has 3 aliphatic rings. The van der Waals surface area contributed by atoms with Gasteiger partial charge in [0.2, 0.25) is 5.91 Å². The molecule has 37 heavy (non-hydrogen) atoms. The van der Waals surface area contributed by atoms with Crippen LogP contribution in [0, 0.1) is 37.0 Å². The third-order valence-corrected chi connectivity index (χ3v) is 8.29. The number of nitrogens with one attached hydrogen (secondary N) is 1. The highest BCUT2D eigenvalue weighted by molar-refractivity contribution is 5.99. The molecule has 2 saturated carbocycles. The summed E-state index contributed by atoms with van der Waals surface area (Å²) in [5, 5.41) is 17.0. The summed E-state index contributed by atoms with van der Waals surface area (Å²) in [7, 11) is 0. The highest BCUT2D eigenvalue weighted by atomic mass is 16.2. The molecule has 0 radical (unpaired) electrons. The first-order valence-electron chi connectivity index (χ1n) is 13.0. The predicted octanol–water partition coefficient (Wildman–Crippen LogP) is 4.03. The van der Waals surface area contributed by atoms with Crippen molar-refractivity contribution < 1.29 is 9.59 Å². The zero-order chi connectivity index (χ0) is 25.8. The van der Waals surface area contributed by atoms with Crippen LogP contribution in [0.5, 0.6) is 0 Å². The first-order valence-corrected chi connectivity index (χ1v) is 13.0. The number of pyridine rings is 1. The van der Waals surface area contributed by atoms with Crippen molar-refractivity contribution in [1.29, 1.82) is 5.26 Å². The number of anilines is 1. The van der Waals surface area contributed by atoms with E-state index in [1.54, 1.807) is 17.1 Å². The largest absolute Gasteiger partial charge is 0.349 e. The van der Waals surface area contributed by atoms with Crippen molar-refractivity contribution in [3.05, 3.63) is 76.2 Å². The fourth-order valence-corrected chi connectivity index (χ4v) is 5.81. The molecular weight excluding hydrogens is 464 g/mol. The minimum absolute atomic E-state index is 0.0867.